The van der Waals surface area contributed by atoms with Crippen LogP contribution in [-0.4, -0.2) is 49.9 Å². The molecule has 204 valence electrons. The molecule has 0 fully saturated rings. The van der Waals surface area contributed by atoms with Gasteiger partial charge in [0.15, 0.2) is 0 Å². The van der Waals surface area contributed by atoms with Crippen molar-refractivity contribution in [2.24, 2.45) is 5.73 Å². The number of nitrogens with two attached hydrogens (primary N) is 1. The van der Waals surface area contributed by atoms with Crippen LogP contribution in [0.5, 0.6) is 0 Å². The minimum atomic E-state index is -4.21. The van der Waals surface area contributed by atoms with Gasteiger partial charge in [-0.1, -0.05) is 103 Å². The van der Waals surface area contributed by atoms with E-state index in [1.54, 1.807) is 0 Å². The normalized spacial score (nSPS) is 14.1. The van der Waals surface area contributed by atoms with Gasteiger partial charge >= 0.3 is 13.8 Å². The van der Waals surface area contributed by atoms with Gasteiger partial charge in [0.1, 0.15) is 6.10 Å². The highest BCUT2D eigenvalue weighted by molar-refractivity contribution is 7.47. The Balaban J connectivity index is 3.57. The Morgan fingerprint density at radius 1 is 0.765 bits per heavy atom. The van der Waals surface area contributed by atoms with Gasteiger partial charge in [0.2, 0.25) is 0 Å². The molecule has 0 aliphatic heterocycles. The fourth-order valence-corrected chi connectivity index (χ4v) is 4.47. The third kappa shape index (κ3) is 24.6. The summed E-state index contributed by atoms with van der Waals surface area (Å²) in [5, 5.41) is 0. The third-order valence-corrected chi connectivity index (χ3v) is 6.56. The summed E-state index contributed by atoms with van der Waals surface area (Å²) in [6.07, 6.45) is 20.3. The molecule has 34 heavy (non-hydrogen) atoms. The summed E-state index contributed by atoms with van der Waals surface area (Å²) in [6.45, 7) is 3.92. The zero-order valence-electron chi connectivity index (χ0n) is 21.8. The molecule has 0 aromatic heterocycles. The minimum absolute atomic E-state index is 0.0955. The summed E-state index contributed by atoms with van der Waals surface area (Å²) in [4.78, 5) is 20.8. The Kier molecular flexibility index (Phi) is 23.8. The third-order valence-electron chi connectivity index (χ3n) is 5.57. The maximum atomic E-state index is 11.7. The molecule has 3 N–H and O–H groups in total. The van der Waals surface area contributed by atoms with Gasteiger partial charge in [0.25, 0.3) is 0 Å². The van der Waals surface area contributed by atoms with Crippen LogP contribution in [0.25, 0.3) is 0 Å². The molecule has 0 saturated carbocycles. The van der Waals surface area contributed by atoms with Gasteiger partial charge in [0.05, 0.1) is 19.8 Å². The Bertz CT molecular complexity index is 508. The van der Waals surface area contributed by atoms with Crippen LogP contribution in [0, 0.1) is 0 Å². The van der Waals surface area contributed by atoms with Crippen molar-refractivity contribution in [2.75, 3.05) is 33.0 Å². The average molecular weight is 510 g/mol. The molecule has 9 heteroatoms. The zero-order valence-corrected chi connectivity index (χ0v) is 22.7. The predicted octanol–water partition coefficient (Wildman–Crippen LogP) is 6.29. The fourth-order valence-electron chi connectivity index (χ4n) is 3.70. The van der Waals surface area contributed by atoms with Gasteiger partial charge in [-0.3, -0.25) is 13.8 Å². The average Bonchev–Trinajstić information content (AvgIpc) is 2.80. The number of hydrogen-bond acceptors (Lipinski definition) is 7. The second kappa shape index (κ2) is 24.2. The second-order valence-corrected chi connectivity index (χ2v) is 10.4. The highest BCUT2D eigenvalue weighted by Gasteiger charge is 2.24. The monoisotopic (exact) mass is 509 g/mol. The first-order chi connectivity index (χ1) is 16.4. The molecule has 0 radical (unpaired) electrons. The van der Waals surface area contributed by atoms with E-state index in [4.69, 9.17) is 19.7 Å². The van der Waals surface area contributed by atoms with Crippen molar-refractivity contribution in [1.82, 2.24) is 0 Å². The first-order valence-corrected chi connectivity index (χ1v) is 15.0. The van der Waals surface area contributed by atoms with Crippen LogP contribution < -0.4 is 5.73 Å². The number of ether oxygens (including phenoxy) is 2. The lowest BCUT2D eigenvalue weighted by atomic mass is 10.0. The number of carbonyl (C=O) groups is 1. The number of phosphoric ester groups is 1. The topological polar surface area (TPSA) is 117 Å². The van der Waals surface area contributed by atoms with Crippen LogP contribution in [0.1, 0.15) is 117 Å². The van der Waals surface area contributed by atoms with E-state index in [-0.39, 0.29) is 26.4 Å². The summed E-state index contributed by atoms with van der Waals surface area (Å²) in [5.41, 5.74) is 5.24. The maximum absolute atomic E-state index is 11.7. The van der Waals surface area contributed by atoms with Crippen molar-refractivity contribution >= 4 is 13.8 Å². The Morgan fingerprint density at radius 2 is 1.24 bits per heavy atom. The number of esters is 1. The van der Waals surface area contributed by atoms with Crippen LogP contribution >= 0.6 is 7.82 Å². The standard InChI is InChI=1S/C25H52NO7P/c1-3-4-5-6-7-8-9-10-11-12-13-14-15-16-17-18-20-30-22-25(33-24(2)27)23-32-34(28,29)31-21-19-26/h25H,3-23,26H2,1-2H3,(H,28,29). The van der Waals surface area contributed by atoms with Crippen LogP contribution in [0.2, 0.25) is 0 Å². The smallest absolute Gasteiger partial charge is 0.458 e. The van der Waals surface area contributed by atoms with E-state index in [1.165, 1.54) is 96.8 Å². The van der Waals surface area contributed by atoms with Crippen molar-refractivity contribution in [3.63, 3.8) is 0 Å². The zero-order chi connectivity index (χ0) is 25.3. The summed E-state index contributed by atoms with van der Waals surface area (Å²) in [5.74, 6) is -0.504. The summed E-state index contributed by atoms with van der Waals surface area (Å²) in [6, 6.07) is 0. The molecule has 8 nitrogen and oxygen atoms in total. The van der Waals surface area contributed by atoms with Crippen molar-refractivity contribution in [3.05, 3.63) is 0 Å². The van der Waals surface area contributed by atoms with E-state index in [0.29, 0.717) is 6.61 Å². The molecule has 0 aliphatic carbocycles. The van der Waals surface area contributed by atoms with E-state index in [9.17, 15) is 14.3 Å². The van der Waals surface area contributed by atoms with E-state index >= 15 is 0 Å². The lowest BCUT2D eigenvalue weighted by Crippen LogP contribution is -2.27. The van der Waals surface area contributed by atoms with Gasteiger partial charge in [-0.25, -0.2) is 4.57 Å². The molecule has 0 aromatic rings. The largest absolute Gasteiger partial charge is 0.472 e. The Morgan fingerprint density at radius 3 is 1.68 bits per heavy atom. The summed E-state index contributed by atoms with van der Waals surface area (Å²) >= 11 is 0. The van der Waals surface area contributed by atoms with Gasteiger partial charge in [-0.05, 0) is 6.42 Å². The van der Waals surface area contributed by atoms with Crippen LogP contribution in [-0.2, 0) is 27.9 Å². The van der Waals surface area contributed by atoms with Crippen LogP contribution in [0.3, 0.4) is 0 Å². The Hall–Kier alpha value is -0.500. The molecule has 0 bridgehead atoms. The predicted molar refractivity (Wildman–Crippen MR) is 137 cm³/mol. The maximum Gasteiger partial charge on any atom is 0.472 e. The molecule has 0 spiro atoms. The number of carbonyl (C=O) groups excluding carboxylic acids is 1. The van der Waals surface area contributed by atoms with Gasteiger partial charge in [0, 0.05) is 20.1 Å². The second-order valence-electron chi connectivity index (χ2n) is 9.00. The summed E-state index contributed by atoms with van der Waals surface area (Å²) in [7, 11) is -4.21. The Labute approximate surface area is 208 Å². The van der Waals surface area contributed by atoms with E-state index in [1.807, 2.05) is 0 Å². The van der Waals surface area contributed by atoms with Gasteiger partial charge in [-0.2, -0.15) is 0 Å². The number of hydrogen-bond donors (Lipinski definition) is 2. The highest BCUT2D eigenvalue weighted by Crippen LogP contribution is 2.43. The van der Waals surface area contributed by atoms with Gasteiger partial charge < -0.3 is 20.1 Å². The van der Waals surface area contributed by atoms with E-state index < -0.39 is 19.9 Å². The van der Waals surface area contributed by atoms with Gasteiger partial charge in [-0.15, -0.1) is 0 Å². The lowest BCUT2D eigenvalue weighted by Gasteiger charge is -2.19. The first-order valence-electron chi connectivity index (χ1n) is 13.5. The fraction of sp³-hybridized carbons (Fsp3) is 0.960. The van der Waals surface area contributed by atoms with Crippen molar-refractivity contribution < 1.29 is 32.8 Å². The molecule has 0 amide bonds. The number of phosphoric acid groups is 1. The molecule has 2 unspecified atom stereocenters. The molecular weight excluding hydrogens is 457 g/mol. The van der Waals surface area contributed by atoms with Crippen LogP contribution in [0.15, 0.2) is 0 Å². The minimum Gasteiger partial charge on any atom is -0.458 e. The molecule has 0 aliphatic rings. The summed E-state index contributed by atoms with van der Waals surface area (Å²) < 4.78 is 31.9. The number of unbranched alkanes of at least 4 members (excludes halogenated alkanes) is 15. The van der Waals surface area contributed by atoms with Crippen LogP contribution in [0.4, 0.5) is 0 Å². The first kappa shape index (κ1) is 33.5. The molecular formula is C25H52NO7P. The van der Waals surface area contributed by atoms with Crippen molar-refractivity contribution in [3.8, 4) is 0 Å². The van der Waals surface area contributed by atoms with E-state index in [0.717, 1.165) is 12.8 Å². The SMILES string of the molecule is CCCCCCCCCCCCCCCCCCOCC(COP(=O)(O)OCCN)OC(C)=O. The van der Waals surface area contributed by atoms with E-state index in [2.05, 4.69) is 11.4 Å². The lowest BCUT2D eigenvalue weighted by molar-refractivity contribution is -0.151. The molecule has 0 aromatic carbocycles. The quantitative estimate of drug-likeness (QED) is 0.0794. The van der Waals surface area contributed by atoms with Crippen molar-refractivity contribution in [1.29, 1.82) is 0 Å². The molecule has 0 heterocycles. The number of rotatable bonds is 26. The highest BCUT2D eigenvalue weighted by atomic mass is 31.2. The molecule has 2 atom stereocenters. The molecule has 0 rings (SSSR count). The van der Waals surface area contributed by atoms with Crippen molar-refractivity contribution in [2.45, 2.75) is 123 Å². The molecule has 0 saturated heterocycles.